The van der Waals surface area contributed by atoms with E-state index in [0.717, 1.165) is 95.8 Å². The molecule has 7 rings (SSSR count). The van der Waals surface area contributed by atoms with Crippen LogP contribution < -0.4 is 25.9 Å². The zero-order valence-corrected chi connectivity index (χ0v) is 49.9. The Morgan fingerprint density at radius 2 is 1.53 bits per heavy atom. The maximum absolute atomic E-state index is 13.7. The molecule has 1 amide bonds. The number of methoxy groups -OCH3 is 1. The number of carbonyl (C=O) groups is 2. The Balaban J connectivity index is 0.000000293. The molecule has 0 radical (unpaired) electrons. The number of amides is 1. The van der Waals surface area contributed by atoms with Gasteiger partial charge in [0.1, 0.15) is 0 Å². The fourth-order valence-corrected chi connectivity index (χ4v) is 10.4. The van der Waals surface area contributed by atoms with Crippen molar-refractivity contribution < 1.29 is 41.5 Å². The molecule has 1 atom stereocenters. The Bertz CT molecular complexity index is 2390. The number of piperazine rings is 2. The van der Waals surface area contributed by atoms with Crippen molar-refractivity contribution in [3.63, 3.8) is 0 Å². The molecule has 4 N–H and O–H groups in total. The van der Waals surface area contributed by atoms with Gasteiger partial charge in [0.2, 0.25) is 28.5 Å². The summed E-state index contributed by atoms with van der Waals surface area (Å²) >= 11 is 8.87. The van der Waals surface area contributed by atoms with Crippen molar-refractivity contribution in [2.24, 2.45) is 5.41 Å². The fraction of sp³-hybridized carbons (Fsp3) is 0.509. The van der Waals surface area contributed by atoms with E-state index in [1.807, 2.05) is 44.2 Å². The van der Waals surface area contributed by atoms with Crippen LogP contribution in [0, 0.1) is 12.3 Å². The molecular weight excluding hydrogens is 1060 g/mol. The van der Waals surface area contributed by atoms with Crippen LogP contribution in [0.5, 0.6) is 0 Å². The quantitative estimate of drug-likeness (QED) is 0.0147. The van der Waals surface area contributed by atoms with Crippen LogP contribution in [0.15, 0.2) is 117 Å². The topological polar surface area (TPSA) is 163 Å². The third-order valence-corrected chi connectivity index (χ3v) is 16.1. The average Bonchev–Trinajstić information content (AvgIpc) is 3.44. The number of nitrogens with one attached hydrogen (secondary N) is 4. The maximum atomic E-state index is 13.7. The highest BCUT2D eigenvalue weighted by Gasteiger charge is 2.30. The molecule has 1 unspecified atom stereocenters. The third kappa shape index (κ3) is 26.5. The van der Waals surface area contributed by atoms with Crippen molar-refractivity contribution >= 4 is 75.0 Å². The highest BCUT2D eigenvalue weighted by Crippen LogP contribution is 2.43. The van der Waals surface area contributed by atoms with Gasteiger partial charge in [-0.2, -0.15) is 0 Å². The minimum Gasteiger partial charge on any atom is -0.439 e. The molecule has 15 nitrogen and oxygen atoms in total. The molecule has 2 saturated heterocycles. The second-order valence-corrected chi connectivity index (χ2v) is 23.7. The van der Waals surface area contributed by atoms with Crippen LogP contribution in [0.25, 0.3) is 5.57 Å². The number of carbonyl (C=O) groups excluding carboxylic acids is 2. The Labute approximate surface area is 473 Å². The largest absolute Gasteiger partial charge is 0.439 e. The second-order valence-electron chi connectivity index (χ2n) is 19.3. The minimum absolute atomic E-state index is 0.0904. The molecule has 1 aliphatic carbocycles. The van der Waals surface area contributed by atoms with Crippen LogP contribution in [0.2, 0.25) is 5.02 Å². The van der Waals surface area contributed by atoms with Crippen molar-refractivity contribution in [1.82, 2.24) is 25.5 Å². The number of anilines is 2. The fourth-order valence-electron chi connectivity index (χ4n) is 8.17. The van der Waals surface area contributed by atoms with E-state index in [1.54, 1.807) is 49.1 Å². The summed E-state index contributed by atoms with van der Waals surface area (Å²) in [6.45, 7) is 25.5. The monoisotopic (exact) mass is 1150 g/mol. The highest BCUT2D eigenvalue weighted by atomic mass is 35.5. The Morgan fingerprint density at radius 1 is 0.870 bits per heavy atom. The summed E-state index contributed by atoms with van der Waals surface area (Å²) in [4.78, 5) is 38.1. The summed E-state index contributed by atoms with van der Waals surface area (Å²) in [5.41, 5.74) is 8.09. The van der Waals surface area contributed by atoms with Crippen LogP contribution in [0.3, 0.4) is 0 Å². The van der Waals surface area contributed by atoms with Gasteiger partial charge in [-0.25, -0.2) is 17.6 Å². The van der Waals surface area contributed by atoms with Crippen LogP contribution >= 0.6 is 35.3 Å². The van der Waals surface area contributed by atoms with Gasteiger partial charge in [-0.15, -0.1) is 11.8 Å². The molecule has 0 bridgehead atoms. The van der Waals surface area contributed by atoms with Gasteiger partial charge in [0.25, 0.3) is 6.47 Å². The molecule has 77 heavy (non-hydrogen) atoms. The Morgan fingerprint density at radius 3 is 2.10 bits per heavy atom. The van der Waals surface area contributed by atoms with Crippen molar-refractivity contribution in [2.75, 3.05) is 109 Å². The predicted octanol–water partition coefficient (Wildman–Crippen LogP) is 10.7. The summed E-state index contributed by atoms with van der Waals surface area (Å²) in [6.07, 6.45) is 7.45. The normalized spacial score (nSPS) is 15.9. The summed E-state index contributed by atoms with van der Waals surface area (Å²) in [7, 11) is -2.39. The van der Waals surface area contributed by atoms with Gasteiger partial charge < -0.3 is 29.9 Å². The number of rotatable bonds is 22. The molecule has 0 saturated carbocycles. The van der Waals surface area contributed by atoms with E-state index in [1.165, 1.54) is 47.0 Å². The van der Waals surface area contributed by atoms with Crippen molar-refractivity contribution in [2.45, 2.75) is 100 Å². The van der Waals surface area contributed by atoms with Crippen LogP contribution in [-0.2, 0) is 38.6 Å². The van der Waals surface area contributed by atoms with Gasteiger partial charge in [0, 0.05) is 93.1 Å². The number of aryl methyl sites for hydroxylation is 1. The number of allylic oxidation sites excluding steroid dienone is 1. The lowest BCUT2D eigenvalue weighted by molar-refractivity contribution is -0.212. The van der Waals surface area contributed by atoms with Gasteiger partial charge in [0.15, 0.2) is 0 Å². The zero-order valence-electron chi connectivity index (χ0n) is 46.7. The number of halogens is 2. The first kappa shape index (κ1) is 67.0. The summed E-state index contributed by atoms with van der Waals surface area (Å²) in [6, 6.07) is 32.4. The molecule has 0 spiro atoms. The number of alkyl halides is 1. The van der Waals surface area contributed by atoms with E-state index in [-0.39, 0.29) is 18.2 Å². The molecule has 20 heteroatoms. The lowest BCUT2D eigenvalue weighted by atomic mass is 9.73. The first-order valence-corrected chi connectivity index (χ1v) is 30.1. The molecule has 0 aromatic heterocycles. The number of hydrogen-bond acceptors (Lipinski definition) is 16. The number of nitrogens with zero attached hydrogens (tertiary/aromatic N) is 3. The second kappa shape index (κ2) is 37.6. The van der Waals surface area contributed by atoms with E-state index >= 15 is 0 Å². The van der Waals surface area contributed by atoms with Gasteiger partial charge >= 0.3 is 0 Å². The molecule has 3 aliphatic rings. The third-order valence-electron chi connectivity index (χ3n) is 12.5. The predicted molar refractivity (Wildman–Crippen MR) is 316 cm³/mol. The molecule has 4 aromatic rings. The van der Waals surface area contributed by atoms with Crippen LogP contribution in [-0.4, -0.2) is 141 Å². The maximum Gasteiger partial charge on any atom is 0.295 e. The Hall–Kier alpha value is -4.25. The number of sulfone groups is 1. The van der Waals surface area contributed by atoms with Gasteiger partial charge in [-0.1, -0.05) is 84.7 Å². The van der Waals surface area contributed by atoms with Gasteiger partial charge in [0.05, 0.1) is 23.3 Å². The minimum atomic E-state index is -4.09. The van der Waals surface area contributed by atoms with E-state index < -0.39 is 15.3 Å². The van der Waals surface area contributed by atoms with Crippen molar-refractivity contribution in [1.29, 1.82) is 0 Å². The average molecular weight is 1150 g/mol. The highest BCUT2D eigenvalue weighted by molar-refractivity contribution is 7.98. The summed E-state index contributed by atoms with van der Waals surface area (Å²) in [5, 5.41) is 7.23. The van der Waals surface area contributed by atoms with Gasteiger partial charge in [-0.3, -0.25) is 24.0 Å². The van der Waals surface area contributed by atoms with Gasteiger partial charge in [-0.05, 0) is 156 Å². The molecule has 428 valence electrons. The van der Waals surface area contributed by atoms with Crippen LogP contribution in [0.1, 0.15) is 78.4 Å². The molecule has 2 heterocycles. The lowest BCUT2D eigenvalue weighted by Gasteiger charge is -2.39. The number of hydrogen-bond donors (Lipinski definition) is 4. The lowest BCUT2D eigenvalue weighted by Crippen LogP contribution is -2.47. The van der Waals surface area contributed by atoms with E-state index in [2.05, 4.69) is 126 Å². The summed E-state index contributed by atoms with van der Waals surface area (Å²) < 4.78 is 49.6. The van der Waals surface area contributed by atoms with E-state index in [9.17, 15) is 22.4 Å². The number of benzene rings is 4. The molecule has 4 aromatic carbocycles. The Kier molecular flexibility index (Phi) is 32.7. The first-order chi connectivity index (χ1) is 37.0. The van der Waals surface area contributed by atoms with Crippen LogP contribution in [0.4, 0.5) is 15.8 Å². The molecule has 2 aliphatic heterocycles. The standard InChI is InChI=1S/C26H33ClN2.C16H25FN4O3S2.C7H8S.C4H9NO4.C4H10O/c1-20-4-10-24(11-5-20)29-16-14-28(15-17-29)19-22-18-26(2,3)13-12-25(22)21-6-8-23(27)9-7-21;1-13(17)26(23,24)16-11-14(25-20-12-22)3-4-15(16)19-5-2-8-21-9-6-18-7-10-21;1-8-7-5-3-2-4-6-7;1-2-8-5-9-4-7-3-6;1-4(2)5-3/h4-11H,12-19H2,1-3H3;3-4,11-13,18-19H,2,5-10H2,1H3,(H,20,22);2-6H,1H3;3,5H,2,4H2,1H3;4H,1-3H3. The number of ether oxygens (including phenoxy) is 2. The van der Waals surface area contributed by atoms with Crippen molar-refractivity contribution in [3.8, 4) is 0 Å². The SMILES string of the molecule is CC(F)S(=O)(=O)c1cc(SNC=O)ccc1NCCCN1CCNCC1.CCONOCOC=O.COC(C)C.CSc1ccccc1.Cc1ccc(N2CCN(CC3=C(c4ccc(Cl)cc4)CCC(C)(C)C3)CC2)cc1. The first-order valence-electron chi connectivity index (χ1n) is 26.2. The smallest absolute Gasteiger partial charge is 0.295 e. The van der Waals surface area contributed by atoms with E-state index in [4.69, 9.17) is 16.3 Å². The summed E-state index contributed by atoms with van der Waals surface area (Å²) in [5.74, 6) is 0. The zero-order chi connectivity index (χ0) is 56.5. The molecule has 2 fully saturated rings. The van der Waals surface area contributed by atoms with Crippen molar-refractivity contribution in [3.05, 3.63) is 119 Å². The number of thioether (sulfide) groups is 1. The van der Waals surface area contributed by atoms with E-state index in [0.29, 0.717) is 41.7 Å². The molecular formula is C57H85ClFN7O8S3.